The number of ether oxygens (including phenoxy) is 1. The first-order valence-electron chi connectivity index (χ1n) is 12.4. The van der Waals surface area contributed by atoms with Gasteiger partial charge < -0.3 is 19.0 Å². The Balaban J connectivity index is 1.37. The van der Waals surface area contributed by atoms with Crippen molar-refractivity contribution in [2.45, 2.75) is 20.8 Å². The number of carbonyl (C=O) groups is 1. The van der Waals surface area contributed by atoms with Crippen LogP contribution >= 0.6 is 0 Å². The zero-order valence-corrected chi connectivity index (χ0v) is 21.4. The molecule has 3 aromatic carbocycles. The average molecular weight is 481 g/mol. The molecule has 0 bridgehead atoms. The molecule has 0 atom stereocenters. The number of nitrogens with zero attached hydrogens (tertiary/aromatic N) is 2. The molecule has 36 heavy (non-hydrogen) atoms. The van der Waals surface area contributed by atoms with Crippen molar-refractivity contribution in [2.75, 3.05) is 38.2 Å². The molecule has 1 aliphatic rings. The van der Waals surface area contributed by atoms with Crippen LogP contribution in [0, 0.1) is 13.8 Å². The number of hydrogen-bond acceptors (Lipinski definition) is 4. The molecule has 0 aliphatic carbocycles. The molecule has 4 aromatic rings. The second kappa shape index (κ2) is 9.94. The van der Waals surface area contributed by atoms with E-state index in [9.17, 15) is 4.79 Å². The maximum Gasteiger partial charge on any atom is 0.246 e. The van der Waals surface area contributed by atoms with Crippen molar-refractivity contribution >= 4 is 28.1 Å². The van der Waals surface area contributed by atoms with Crippen LogP contribution in [-0.2, 0) is 4.79 Å². The highest BCUT2D eigenvalue weighted by molar-refractivity contribution is 6.00. The number of hydrogen-bond donors (Lipinski definition) is 0. The number of amides is 1. The number of anilines is 1. The van der Waals surface area contributed by atoms with Gasteiger partial charge in [-0.3, -0.25) is 4.79 Å². The molecule has 1 amide bonds. The van der Waals surface area contributed by atoms with Gasteiger partial charge in [-0.2, -0.15) is 0 Å². The van der Waals surface area contributed by atoms with E-state index in [4.69, 9.17) is 9.15 Å². The van der Waals surface area contributed by atoms with Crippen molar-refractivity contribution in [3.05, 3.63) is 89.7 Å². The molecule has 1 saturated heterocycles. The van der Waals surface area contributed by atoms with E-state index in [1.54, 1.807) is 19.4 Å². The van der Waals surface area contributed by atoms with Crippen LogP contribution in [0.1, 0.15) is 23.6 Å². The number of carbonyl (C=O) groups excluding carboxylic acids is 1. The first-order chi connectivity index (χ1) is 17.4. The van der Waals surface area contributed by atoms with Crippen LogP contribution in [0.25, 0.3) is 27.7 Å². The van der Waals surface area contributed by atoms with Crippen molar-refractivity contribution in [3.8, 4) is 16.9 Å². The Morgan fingerprint density at radius 1 is 0.944 bits per heavy atom. The molecule has 1 aromatic heterocycles. The fourth-order valence-electron chi connectivity index (χ4n) is 4.85. The summed E-state index contributed by atoms with van der Waals surface area (Å²) < 4.78 is 11.5. The molecule has 0 N–H and O–H groups in total. The smallest absolute Gasteiger partial charge is 0.246 e. The summed E-state index contributed by atoms with van der Waals surface area (Å²) in [6, 6.07) is 20.9. The molecule has 5 rings (SSSR count). The van der Waals surface area contributed by atoms with E-state index in [1.807, 2.05) is 17.9 Å². The van der Waals surface area contributed by atoms with Crippen LogP contribution < -0.4 is 9.64 Å². The van der Waals surface area contributed by atoms with Crippen LogP contribution in [0.2, 0.25) is 0 Å². The molecule has 1 fully saturated rings. The largest absolute Gasteiger partial charge is 0.496 e. The lowest BCUT2D eigenvalue weighted by atomic mass is 9.98. The molecule has 2 heterocycles. The van der Waals surface area contributed by atoms with Gasteiger partial charge in [-0.1, -0.05) is 42.0 Å². The van der Waals surface area contributed by atoms with E-state index in [0.29, 0.717) is 18.8 Å². The van der Waals surface area contributed by atoms with Gasteiger partial charge in [0.15, 0.2) is 0 Å². The molecular weight excluding hydrogens is 448 g/mol. The second-order valence-corrected chi connectivity index (χ2v) is 9.54. The van der Waals surface area contributed by atoms with Crippen LogP contribution in [0.4, 0.5) is 5.69 Å². The van der Waals surface area contributed by atoms with Crippen LogP contribution in [0.3, 0.4) is 0 Å². The molecule has 0 unspecified atom stereocenters. The van der Waals surface area contributed by atoms with Gasteiger partial charge in [0.05, 0.1) is 13.4 Å². The number of piperazine rings is 1. The van der Waals surface area contributed by atoms with Gasteiger partial charge in [-0.15, -0.1) is 0 Å². The molecule has 0 radical (unpaired) electrons. The second-order valence-electron chi connectivity index (χ2n) is 9.54. The quantitative estimate of drug-likeness (QED) is 0.307. The van der Waals surface area contributed by atoms with Gasteiger partial charge in [0, 0.05) is 60.5 Å². The Labute approximate surface area is 212 Å². The molecule has 0 saturated carbocycles. The predicted molar refractivity (Wildman–Crippen MR) is 147 cm³/mol. The molecule has 5 heteroatoms. The van der Waals surface area contributed by atoms with Crippen molar-refractivity contribution < 1.29 is 13.9 Å². The van der Waals surface area contributed by atoms with Gasteiger partial charge >= 0.3 is 0 Å². The Morgan fingerprint density at radius 2 is 1.69 bits per heavy atom. The highest BCUT2D eigenvalue weighted by atomic mass is 16.5. The topological polar surface area (TPSA) is 45.9 Å². The highest BCUT2D eigenvalue weighted by Crippen LogP contribution is 2.37. The van der Waals surface area contributed by atoms with Crippen LogP contribution in [-0.4, -0.2) is 44.1 Å². The van der Waals surface area contributed by atoms with Gasteiger partial charge in [-0.25, -0.2) is 0 Å². The molecule has 184 valence electrons. The van der Waals surface area contributed by atoms with Crippen molar-refractivity contribution in [2.24, 2.45) is 0 Å². The van der Waals surface area contributed by atoms with Gasteiger partial charge in [0.2, 0.25) is 5.91 Å². The summed E-state index contributed by atoms with van der Waals surface area (Å²) in [5, 5.41) is 1.00. The third-order valence-corrected chi connectivity index (χ3v) is 6.98. The fraction of sp³-hybridized carbons (Fsp3) is 0.258. The summed E-state index contributed by atoms with van der Waals surface area (Å²) in [5.74, 6) is 0.725. The first kappa shape index (κ1) is 23.7. The average Bonchev–Trinajstić information content (AvgIpc) is 3.31. The third kappa shape index (κ3) is 4.74. The van der Waals surface area contributed by atoms with E-state index in [1.165, 1.54) is 16.8 Å². The highest BCUT2D eigenvalue weighted by Gasteiger charge is 2.21. The maximum atomic E-state index is 13.2. The van der Waals surface area contributed by atoms with E-state index in [-0.39, 0.29) is 5.91 Å². The summed E-state index contributed by atoms with van der Waals surface area (Å²) in [6.45, 7) is 9.20. The SMILES string of the molecule is COc1cc2occ(-c3ccc(C)cc3)c2cc1/C(C)=C/C(=O)N1CCN(c2cccc(C)c2)CC1. The normalized spacial score (nSPS) is 14.4. The minimum Gasteiger partial charge on any atom is -0.496 e. The Bertz CT molecular complexity index is 1420. The van der Waals surface area contributed by atoms with Crippen molar-refractivity contribution in [1.82, 2.24) is 4.90 Å². The lowest BCUT2D eigenvalue weighted by Gasteiger charge is -2.36. The fourth-order valence-corrected chi connectivity index (χ4v) is 4.85. The number of aryl methyl sites for hydroxylation is 2. The van der Waals surface area contributed by atoms with Crippen molar-refractivity contribution in [3.63, 3.8) is 0 Å². The van der Waals surface area contributed by atoms with Crippen LogP contribution in [0.5, 0.6) is 5.75 Å². The molecule has 5 nitrogen and oxygen atoms in total. The summed E-state index contributed by atoms with van der Waals surface area (Å²) in [6.07, 6.45) is 3.52. The number of rotatable bonds is 5. The van der Waals surface area contributed by atoms with Gasteiger partial charge in [0.25, 0.3) is 0 Å². The van der Waals surface area contributed by atoms with E-state index in [2.05, 4.69) is 73.3 Å². The maximum absolute atomic E-state index is 13.2. The minimum atomic E-state index is 0.0319. The van der Waals surface area contributed by atoms with E-state index in [0.717, 1.165) is 46.3 Å². The molecular formula is C31H32N2O3. The summed E-state index contributed by atoms with van der Waals surface area (Å²) >= 11 is 0. The lowest BCUT2D eigenvalue weighted by molar-refractivity contribution is -0.126. The summed E-state index contributed by atoms with van der Waals surface area (Å²) in [7, 11) is 1.65. The summed E-state index contributed by atoms with van der Waals surface area (Å²) in [4.78, 5) is 17.5. The number of methoxy groups -OCH3 is 1. The number of allylic oxidation sites excluding steroid dienone is 1. The number of furan rings is 1. The van der Waals surface area contributed by atoms with Crippen LogP contribution in [0.15, 0.2) is 77.4 Å². The van der Waals surface area contributed by atoms with E-state index < -0.39 is 0 Å². The van der Waals surface area contributed by atoms with Gasteiger partial charge in [-0.05, 0) is 55.7 Å². The monoisotopic (exact) mass is 480 g/mol. The Hall–Kier alpha value is -3.99. The zero-order chi connectivity index (χ0) is 25.2. The minimum absolute atomic E-state index is 0.0319. The standard InChI is InChI=1S/C31H32N2O3/c1-21-8-10-24(11-9-21)28-20-36-30-19-29(35-4)26(18-27(28)30)23(3)17-31(34)33-14-12-32(13-15-33)25-7-5-6-22(2)16-25/h5-11,16-20H,12-15H2,1-4H3/b23-17+. The molecule has 0 spiro atoms. The lowest BCUT2D eigenvalue weighted by Crippen LogP contribution is -2.48. The molecule has 1 aliphatic heterocycles. The van der Waals surface area contributed by atoms with Crippen molar-refractivity contribution in [1.29, 1.82) is 0 Å². The zero-order valence-electron chi connectivity index (χ0n) is 21.4. The Kier molecular flexibility index (Phi) is 6.55. The first-order valence-corrected chi connectivity index (χ1v) is 12.4. The third-order valence-electron chi connectivity index (χ3n) is 6.98. The van der Waals surface area contributed by atoms with Gasteiger partial charge in [0.1, 0.15) is 11.3 Å². The Morgan fingerprint density at radius 3 is 2.39 bits per heavy atom. The number of fused-ring (bicyclic) bond motifs is 1. The number of benzene rings is 3. The predicted octanol–water partition coefficient (Wildman–Crippen LogP) is 6.48. The van der Waals surface area contributed by atoms with E-state index >= 15 is 0 Å². The summed E-state index contributed by atoms with van der Waals surface area (Å²) in [5.41, 5.74) is 8.33.